The van der Waals surface area contributed by atoms with Gasteiger partial charge in [0.25, 0.3) is 0 Å². The van der Waals surface area contributed by atoms with Crippen LogP contribution in [0.4, 0.5) is 5.13 Å². The number of ether oxygens (including phenoxy) is 1. The van der Waals surface area contributed by atoms with E-state index in [1.54, 1.807) is 35.3 Å². The summed E-state index contributed by atoms with van der Waals surface area (Å²) >= 11 is 7.61. The molecule has 0 saturated carbocycles. The molecule has 0 radical (unpaired) electrons. The van der Waals surface area contributed by atoms with Crippen molar-refractivity contribution >= 4 is 28.1 Å². The molecule has 0 aromatic carbocycles. The zero-order valence-electron chi connectivity index (χ0n) is 10.9. The molecule has 5 nitrogen and oxygen atoms in total. The van der Waals surface area contributed by atoms with Gasteiger partial charge >= 0.3 is 0 Å². The van der Waals surface area contributed by atoms with Crippen molar-refractivity contribution in [1.82, 2.24) is 15.2 Å². The van der Waals surface area contributed by atoms with Crippen molar-refractivity contribution in [3.8, 4) is 5.75 Å². The van der Waals surface area contributed by atoms with Gasteiger partial charge in [-0.25, -0.2) is 0 Å². The quantitative estimate of drug-likeness (QED) is 0.869. The molecule has 106 valence electrons. The van der Waals surface area contributed by atoms with Crippen molar-refractivity contribution in [3.63, 3.8) is 0 Å². The molecule has 0 spiro atoms. The molecule has 1 saturated heterocycles. The Morgan fingerprint density at radius 3 is 2.95 bits per heavy atom. The minimum atomic E-state index is 0.559. The van der Waals surface area contributed by atoms with Crippen molar-refractivity contribution in [2.75, 3.05) is 24.6 Å². The lowest BCUT2D eigenvalue weighted by molar-refractivity contribution is 0.223. The number of hydrogen-bond donors (Lipinski definition) is 0. The Labute approximate surface area is 126 Å². The number of nitrogens with zero attached hydrogens (tertiary/aromatic N) is 4. The van der Waals surface area contributed by atoms with Gasteiger partial charge in [-0.3, -0.25) is 4.98 Å². The standard InChI is InChI=1S/C13H15ClN4OS/c14-11-7-15-4-1-12(11)19-8-10-2-5-18(6-3-10)13-17-16-9-20-13/h1,4,7,9-10H,2-3,5-6,8H2. The molecule has 0 atom stereocenters. The lowest BCUT2D eigenvalue weighted by Gasteiger charge is -2.31. The monoisotopic (exact) mass is 310 g/mol. The molecule has 1 fully saturated rings. The highest BCUT2D eigenvalue weighted by Crippen LogP contribution is 2.26. The Bertz CT molecular complexity index is 543. The van der Waals surface area contributed by atoms with Crippen LogP contribution in [0.2, 0.25) is 5.02 Å². The Balaban J connectivity index is 1.48. The highest BCUT2D eigenvalue weighted by molar-refractivity contribution is 7.13. The van der Waals surface area contributed by atoms with E-state index < -0.39 is 0 Å². The number of pyridine rings is 1. The number of anilines is 1. The van der Waals surface area contributed by atoms with Gasteiger partial charge in [0.1, 0.15) is 16.3 Å². The normalized spacial score (nSPS) is 16.4. The Hall–Kier alpha value is -1.40. The van der Waals surface area contributed by atoms with Gasteiger partial charge in [0.15, 0.2) is 0 Å². The maximum absolute atomic E-state index is 6.02. The molecular weight excluding hydrogens is 296 g/mol. The van der Waals surface area contributed by atoms with E-state index in [1.165, 1.54) is 0 Å². The first-order valence-corrected chi connectivity index (χ1v) is 7.82. The van der Waals surface area contributed by atoms with Crippen molar-refractivity contribution in [2.24, 2.45) is 5.92 Å². The van der Waals surface area contributed by atoms with Crippen molar-refractivity contribution in [3.05, 3.63) is 29.0 Å². The van der Waals surface area contributed by atoms with Gasteiger partial charge in [0, 0.05) is 31.5 Å². The molecular formula is C13H15ClN4OS. The predicted octanol–water partition coefficient (Wildman–Crippen LogP) is 2.88. The summed E-state index contributed by atoms with van der Waals surface area (Å²) in [6.07, 6.45) is 5.50. The summed E-state index contributed by atoms with van der Waals surface area (Å²) in [5.74, 6) is 1.27. The molecule has 1 aliphatic heterocycles. The summed E-state index contributed by atoms with van der Waals surface area (Å²) in [6, 6.07) is 1.80. The first-order chi connectivity index (χ1) is 9.83. The van der Waals surface area contributed by atoms with Crippen LogP contribution in [0.1, 0.15) is 12.8 Å². The van der Waals surface area contributed by atoms with E-state index in [-0.39, 0.29) is 0 Å². The van der Waals surface area contributed by atoms with Crippen molar-refractivity contribution in [1.29, 1.82) is 0 Å². The average molecular weight is 311 g/mol. The molecule has 0 bridgehead atoms. The van der Waals surface area contributed by atoms with Crippen LogP contribution in [0, 0.1) is 5.92 Å². The van der Waals surface area contributed by atoms with E-state index in [0.29, 0.717) is 23.3 Å². The Kier molecular flexibility index (Phi) is 4.32. The molecule has 3 rings (SSSR count). The van der Waals surface area contributed by atoms with Crippen LogP contribution in [0.25, 0.3) is 0 Å². The smallest absolute Gasteiger partial charge is 0.208 e. The van der Waals surface area contributed by atoms with Crippen LogP contribution in [-0.4, -0.2) is 34.9 Å². The molecule has 0 amide bonds. The summed E-state index contributed by atoms with van der Waals surface area (Å²) in [6.45, 7) is 2.72. The summed E-state index contributed by atoms with van der Waals surface area (Å²) in [5.41, 5.74) is 1.77. The van der Waals surface area contributed by atoms with Crippen LogP contribution >= 0.6 is 22.9 Å². The second-order valence-corrected chi connectivity index (χ2v) is 5.99. The zero-order chi connectivity index (χ0) is 13.8. The third-order valence-electron chi connectivity index (χ3n) is 3.44. The fourth-order valence-electron chi connectivity index (χ4n) is 2.28. The Morgan fingerprint density at radius 1 is 1.40 bits per heavy atom. The first kappa shape index (κ1) is 13.6. The van der Waals surface area contributed by atoms with E-state index >= 15 is 0 Å². The van der Waals surface area contributed by atoms with E-state index in [0.717, 1.165) is 31.1 Å². The van der Waals surface area contributed by atoms with Crippen LogP contribution in [-0.2, 0) is 0 Å². The lowest BCUT2D eigenvalue weighted by Crippen LogP contribution is -2.35. The van der Waals surface area contributed by atoms with Gasteiger partial charge in [-0.2, -0.15) is 0 Å². The highest BCUT2D eigenvalue weighted by atomic mass is 35.5. The zero-order valence-corrected chi connectivity index (χ0v) is 12.5. The third-order valence-corrected chi connectivity index (χ3v) is 4.48. The van der Waals surface area contributed by atoms with Gasteiger partial charge in [-0.15, -0.1) is 10.2 Å². The first-order valence-electron chi connectivity index (χ1n) is 6.56. The topological polar surface area (TPSA) is 51.1 Å². The van der Waals surface area contributed by atoms with Crippen LogP contribution in [0.15, 0.2) is 24.0 Å². The van der Waals surface area contributed by atoms with E-state index in [1.807, 2.05) is 0 Å². The van der Waals surface area contributed by atoms with Crippen LogP contribution in [0.5, 0.6) is 5.75 Å². The van der Waals surface area contributed by atoms with E-state index in [4.69, 9.17) is 16.3 Å². The molecule has 7 heteroatoms. The molecule has 0 aliphatic carbocycles. The number of halogens is 1. The van der Waals surface area contributed by atoms with Gasteiger partial charge in [0.05, 0.1) is 6.61 Å². The molecule has 20 heavy (non-hydrogen) atoms. The number of piperidine rings is 1. The fraction of sp³-hybridized carbons (Fsp3) is 0.462. The number of aromatic nitrogens is 3. The molecule has 2 aromatic rings. The number of rotatable bonds is 4. The molecule has 0 unspecified atom stereocenters. The van der Waals surface area contributed by atoms with E-state index in [2.05, 4.69) is 20.1 Å². The van der Waals surface area contributed by atoms with Gasteiger partial charge in [-0.05, 0) is 18.8 Å². The Morgan fingerprint density at radius 2 is 2.25 bits per heavy atom. The minimum absolute atomic E-state index is 0.559. The highest BCUT2D eigenvalue weighted by Gasteiger charge is 2.21. The summed E-state index contributed by atoms with van der Waals surface area (Å²) in [4.78, 5) is 6.23. The third kappa shape index (κ3) is 3.19. The number of hydrogen-bond acceptors (Lipinski definition) is 6. The largest absolute Gasteiger partial charge is 0.492 e. The molecule has 0 N–H and O–H groups in total. The van der Waals surface area contributed by atoms with Gasteiger partial charge < -0.3 is 9.64 Å². The van der Waals surface area contributed by atoms with Crippen LogP contribution < -0.4 is 9.64 Å². The predicted molar refractivity (Wildman–Crippen MR) is 79.6 cm³/mol. The van der Waals surface area contributed by atoms with Crippen molar-refractivity contribution in [2.45, 2.75) is 12.8 Å². The van der Waals surface area contributed by atoms with E-state index in [9.17, 15) is 0 Å². The summed E-state index contributed by atoms with van der Waals surface area (Å²) in [7, 11) is 0. The molecule has 3 heterocycles. The summed E-state index contributed by atoms with van der Waals surface area (Å²) in [5, 5.41) is 9.58. The average Bonchev–Trinajstić information content (AvgIpc) is 3.01. The SMILES string of the molecule is Clc1cnccc1OCC1CCN(c2nncs2)CC1. The summed E-state index contributed by atoms with van der Waals surface area (Å²) < 4.78 is 5.79. The second kappa shape index (κ2) is 6.37. The van der Waals surface area contributed by atoms with Gasteiger partial charge in [0.2, 0.25) is 5.13 Å². The van der Waals surface area contributed by atoms with Gasteiger partial charge in [-0.1, -0.05) is 22.9 Å². The fourth-order valence-corrected chi connectivity index (χ4v) is 3.07. The second-order valence-electron chi connectivity index (χ2n) is 4.77. The molecule has 1 aliphatic rings. The maximum Gasteiger partial charge on any atom is 0.208 e. The minimum Gasteiger partial charge on any atom is -0.492 e. The maximum atomic E-state index is 6.02. The molecule has 2 aromatic heterocycles. The lowest BCUT2D eigenvalue weighted by atomic mass is 9.98. The van der Waals surface area contributed by atoms with Crippen molar-refractivity contribution < 1.29 is 4.74 Å². The van der Waals surface area contributed by atoms with Crippen LogP contribution in [0.3, 0.4) is 0 Å².